The maximum atomic E-state index is 11.6. The van der Waals surface area contributed by atoms with E-state index in [4.69, 9.17) is 9.84 Å². The topological polar surface area (TPSA) is 150 Å². The van der Waals surface area contributed by atoms with E-state index in [0.29, 0.717) is 0 Å². The van der Waals surface area contributed by atoms with Gasteiger partial charge in [0.15, 0.2) is 10.8 Å². The van der Waals surface area contributed by atoms with E-state index >= 15 is 0 Å². The summed E-state index contributed by atoms with van der Waals surface area (Å²) in [6.07, 6.45) is -0.757. The molecule has 0 fully saturated rings. The van der Waals surface area contributed by atoms with Crippen LogP contribution < -0.4 is 61.8 Å². The van der Waals surface area contributed by atoms with Crippen molar-refractivity contribution in [2.24, 2.45) is 5.16 Å². The smallest absolute Gasteiger partial charge is 0.543 e. The van der Waals surface area contributed by atoms with Gasteiger partial charge in [-0.1, -0.05) is 5.16 Å². The Morgan fingerprint density at radius 1 is 1.42 bits per heavy atom. The van der Waals surface area contributed by atoms with Gasteiger partial charge in [0.25, 0.3) is 0 Å². The van der Waals surface area contributed by atoms with Gasteiger partial charge in [0, 0.05) is 5.38 Å². The van der Waals surface area contributed by atoms with Gasteiger partial charge in [0.2, 0.25) is 6.61 Å². The van der Waals surface area contributed by atoms with Crippen molar-refractivity contribution in [2.45, 2.75) is 26.4 Å². The van der Waals surface area contributed by atoms with Gasteiger partial charge in [-0.2, -0.15) is 0 Å². The van der Waals surface area contributed by atoms with Crippen molar-refractivity contribution in [3.63, 3.8) is 0 Å². The van der Waals surface area contributed by atoms with Crippen LogP contribution in [0.25, 0.3) is 0 Å². The summed E-state index contributed by atoms with van der Waals surface area (Å²) in [5.41, 5.74) is -1.54. The molecule has 0 saturated carbocycles. The number of carbonyl (C=O) groups excluding carboxylic acids is 2. The number of aromatic nitrogens is 1. The molecule has 126 valence electrons. The van der Waals surface area contributed by atoms with Gasteiger partial charge in [-0.3, -0.25) is 5.32 Å². The van der Waals surface area contributed by atoms with Crippen LogP contribution in [0.1, 0.15) is 26.5 Å². The SMILES string of the molecule is CC(C)(C)OC(=O)Nc1nc(C(=NOCC(=O)O)C(=O)[O-])cs1.[K+]. The monoisotopic (exact) mass is 383 g/mol. The van der Waals surface area contributed by atoms with Crippen LogP contribution in [0.2, 0.25) is 0 Å². The molecule has 0 aliphatic rings. The second-order valence-electron chi connectivity index (χ2n) is 5.06. The van der Waals surface area contributed by atoms with Crippen molar-refractivity contribution in [3.05, 3.63) is 11.1 Å². The van der Waals surface area contributed by atoms with Crippen molar-refractivity contribution >= 4 is 40.2 Å². The zero-order valence-corrected chi connectivity index (χ0v) is 17.4. The average Bonchev–Trinajstić information content (AvgIpc) is 2.79. The van der Waals surface area contributed by atoms with Crippen LogP contribution in [0.4, 0.5) is 9.93 Å². The summed E-state index contributed by atoms with van der Waals surface area (Å²) in [7, 11) is 0. The Morgan fingerprint density at radius 3 is 2.54 bits per heavy atom. The minimum atomic E-state index is -1.70. The van der Waals surface area contributed by atoms with Gasteiger partial charge >= 0.3 is 63.4 Å². The number of aliphatic carboxylic acids is 2. The maximum absolute atomic E-state index is 11.6. The molecule has 1 aromatic heterocycles. The van der Waals surface area contributed by atoms with Crippen LogP contribution >= 0.6 is 11.3 Å². The minimum absolute atomic E-state index is 0. The third-order valence-corrected chi connectivity index (χ3v) is 2.65. The Labute approximate surface area is 183 Å². The molecule has 0 unspecified atom stereocenters. The van der Waals surface area contributed by atoms with E-state index in [1.807, 2.05) is 0 Å². The maximum Gasteiger partial charge on any atom is 1.00 e. The largest absolute Gasteiger partial charge is 1.00 e. The third-order valence-electron chi connectivity index (χ3n) is 1.89. The van der Waals surface area contributed by atoms with E-state index in [-0.39, 0.29) is 62.2 Å². The number of thiazole rings is 1. The Bertz CT molecular complexity index is 639. The first-order valence-electron chi connectivity index (χ1n) is 6.17. The second-order valence-corrected chi connectivity index (χ2v) is 5.92. The first-order chi connectivity index (χ1) is 10.6. The van der Waals surface area contributed by atoms with Gasteiger partial charge < -0.3 is 24.6 Å². The fourth-order valence-corrected chi connectivity index (χ4v) is 1.85. The molecule has 12 heteroatoms. The summed E-state index contributed by atoms with van der Waals surface area (Å²) in [4.78, 5) is 41.0. The average molecular weight is 383 g/mol. The number of rotatable bonds is 6. The summed E-state index contributed by atoms with van der Waals surface area (Å²) in [6.45, 7) is 4.23. The number of nitrogens with zero attached hydrogens (tertiary/aromatic N) is 2. The quantitative estimate of drug-likeness (QED) is 0.301. The molecule has 0 saturated heterocycles. The number of hydrogen-bond donors (Lipinski definition) is 2. The fraction of sp³-hybridized carbons (Fsp3) is 0.417. The zero-order valence-electron chi connectivity index (χ0n) is 13.5. The normalized spacial score (nSPS) is 11.2. The molecule has 1 amide bonds. The number of carbonyl (C=O) groups is 3. The van der Waals surface area contributed by atoms with Crippen LogP contribution in [0.15, 0.2) is 10.5 Å². The predicted octanol–water partition coefficient (Wildman–Crippen LogP) is -2.95. The molecule has 24 heavy (non-hydrogen) atoms. The number of nitrogens with one attached hydrogen (secondary N) is 1. The molecule has 0 atom stereocenters. The van der Waals surface area contributed by atoms with E-state index in [9.17, 15) is 19.5 Å². The van der Waals surface area contributed by atoms with Crippen molar-refractivity contribution < 1.29 is 85.6 Å². The van der Waals surface area contributed by atoms with Crippen molar-refractivity contribution in [1.82, 2.24) is 4.98 Å². The second kappa shape index (κ2) is 10.1. The standard InChI is InChI=1S/C12H15N3O7S.K/c1-12(2,3)22-11(20)14-10-13-6(5-23-10)8(9(18)19)15-21-4-7(16)17;/h5H,4H2,1-3H3,(H,16,17)(H,18,19)(H,13,14,20);/q;+1/p-1. The van der Waals surface area contributed by atoms with E-state index in [1.165, 1.54) is 5.38 Å². The van der Waals surface area contributed by atoms with Crippen LogP contribution in [0.5, 0.6) is 0 Å². The Hall–Kier alpha value is -1.05. The molecule has 0 aliphatic heterocycles. The van der Waals surface area contributed by atoms with E-state index < -0.39 is 36.0 Å². The Kier molecular flexibility index (Phi) is 9.61. The summed E-state index contributed by atoms with van der Waals surface area (Å²) < 4.78 is 5.02. The summed E-state index contributed by atoms with van der Waals surface area (Å²) in [5, 5.41) is 26.2. The number of oxime groups is 1. The third kappa shape index (κ3) is 8.70. The van der Waals surface area contributed by atoms with Crippen LogP contribution in [0.3, 0.4) is 0 Å². The molecule has 1 rings (SSSR count). The van der Waals surface area contributed by atoms with E-state index in [2.05, 4.69) is 20.3 Å². The van der Waals surface area contributed by atoms with Crippen molar-refractivity contribution in [2.75, 3.05) is 11.9 Å². The van der Waals surface area contributed by atoms with Crippen LogP contribution in [-0.4, -0.2) is 46.0 Å². The Morgan fingerprint density at radius 2 is 2.04 bits per heavy atom. The zero-order chi connectivity index (χ0) is 17.6. The van der Waals surface area contributed by atoms with Gasteiger partial charge in [-0.05, 0) is 20.8 Å². The number of hydrogen-bond acceptors (Lipinski definition) is 9. The summed E-state index contributed by atoms with van der Waals surface area (Å²) in [6, 6.07) is 0. The minimum Gasteiger partial charge on any atom is -0.543 e. The van der Waals surface area contributed by atoms with Crippen LogP contribution in [-0.2, 0) is 19.2 Å². The molecule has 10 nitrogen and oxygen atoms in total. The molecule has 1 aromatic rings. The Balaban J connectivity index is 0.00000529. The molecule has 0 bridgehead atoms. The summed E-state index contributed by atoms with van der Waals surface area (Å²) in [5.74, 6) is -3.03. The molecule has 0 radical (unpaired) electrons. The number of anilines is 1. The molecule has 1 heterocycles. The summed E-state index contributed by atoms with van der Waals surface area (Å²) >= 11 is 0.922. The number of carboxylic acid groups (broad SMARTS) is 2. The van der Waals surface area contributed by atoms with Crippen molar-refractivity contribution in [1.29, 1.82) is 0 Å². The molecular weight excluding hydrogens is 369 g/mol. The molecule has 2 N–H and O–H groups in total. The van der Waals surface area contributed by atoms with Gasteiger partial charge in [0.05, 0.1) is 5.97 Å². The predicted molar refractivity (Wildman–Crippen MR) is 77.1 cm³/mol. The number of amides is 1. The molecule has 0 spiro atoms. The van der Waals surface area contributed by atoms with E-state index in [0.717, 1.165) is 11.3 Å². The van der Waals surface area contributed by atoms with Crippen molar-refractivity contribution in [3.8, 4) is 0 Å². The van der Waals surface area contributed by atoms with Gasteiger partial charge in [-0.25, -0.2) is 14.6 Å². The molecule has 0 aromatic carbocycles. The first-order valence-corrected chi connectivity index (χ1v) is 7.05. The van der Waals surface area contributed by atoms with E-state index in [1.54, 1.807) is 20.8 Å². The van der Waals surface area contributed by atoms with Gasteiger partial charge in [0.1, 0.15) is 11.3 Å². The van der Waals surface area contributed by atoms with Crippen LogP contribution in [0, 0.1) is 0 Å². The molecule has 0 aliphatic carbocycles. The fourth-order valence-electron chi connectivity index (χ4n) is 1.17. The van der Waals surface area contributed by atoms with Gasteiger partial charge in [-0.15, -0.1) is 11.3 Å². The number of ether oxygens (including phenoxy) is 1. The first kappa shape index (κ1) is 22.9. The number of carboxylic acids is 2. The molecular formula is C12H14KN3O7S.